The van der Waals surface area contributed by atoms with E-state index in [9.17, 15) is 24.5 Å². The summed E-state index contributed by atoms with van der Waals surface area (Å²) in [5.74, 6) is -0.245. The number of nitro benzene ring substituents is 1. The van der Waals surface area contributed by atoms with E-state index >= 15 is 0 Å². The zero-order valence-electron chi connectivity index (χ0n) is 21.7. The highest BCUT2D eigenvalue weighted by Gasteiger charge is 2.36. The van der Waals surface area contributed by atoms with Crippen LogP contribution in [-0.2, 0) is 16.1 Å². The first-order chi connectivity index (χ1) is 19.1. The van der Waals surface area contributed by atoms with Crippen molar-refractivity contribution in [3.63, 3.8) is 0 Å². The Morgan fingerprint density at radius 3 is 2.58 bits per heavy atom. The van der Waals surface area contributed by atoms with Gasteiger partial charge in [-0.25, -0.2) is 0 Å². The molecule has 0 aliphatic carbocycles. The number of para-hydroxylation sites is 1. The van der Waals surface area contributed by atoms with Crippen LogP contribution in [0.5, 0.6) is 11.5 Å². The monoisotopic (exact) mass is 625 g/mol. The standard InChI is InChI=1S/C28H24BrN3O7S/c1-16-17(2)21(10-9-20(16)29)30-26(33)15-39-23-11-8-18(12-24(23)38-3)13-25-27(34)31(28(35)40-25)14-19-6-4-5-7-22(19)32(36)37/h4-13H,14-15H2,1-3H3,(H,30,33)/b25-13+. The van der Waals surface area contributed by atoms with Crippen LogP contribution < -0.4 is 14.8 Å². The molecule has 40 heavy (non-hydrogen) atoms. The third kappa shape index (κ3) is 6.35. The molecule has 0 atom stereocenters. The second-order valence-corrected chi connectivity index (χ2v) is 10.6. The second-order valence-electron chi connectivity index (χ2n) is 8.75. The maximum Gasteiger partial charge on any atom is 0.293 e. The normalized spacial score (nSPS) is 14.0. The van der Waals surface area contributed by atoms with E-state index in [-0.39, 0.29) is 35.2 Å². The van der Waals surface area contributed by atoms with Crippen molar-refractivity contribution < 1.29 is 28.8 Å². The summed E-state index contributed by atoms with van der Waals surface area (Å²) in [5.41, 5.74) is 3.31. The molecule has 3 amide bonds. The van der Waals surface area contributed by atoms with Crippen molar-refractivity contribution in [2.75, 3.05) is 19.0 Å². The lowest BCUT2D eigenvalue weighted by atomic mass is 10.1. The lowest BCUT2D eigenvalue weighted by Crippen LogP contribution is -2.27. The fourth-order valence-corrected chi connectivity index (χ4v) is 5.19. The summed E-state index contributed by atoms with van der Waals surface area (Å²) in [4.78, 5) is 49.9. The molecule has 1 saturated heterocycles. The van der Waals surface area contributed by atoms with Crippen molar-refractivity contribution >= 4 is 62.2 Å². The van der Waals surface area contributed by atoms with Gasteiger partial charge in [0, 0.05) is 21.8 Å². The molecule has 1 aliphatic heterocycles. The molecule has 0 aromatic heterocycles. The zero-order chi connectivity index (χ0) is 29.0. The largest absolute Gasteiger partial charge is 0.493 e. The number of amides is 3. The van der Waals surface area contributed by atoms with E-state index in [0.717, 1.165) is 32.3 Å². The third-order valence-corrected chi connectivity index (χ3v) is 8.00. The maximum atomic E-state index is 13.0. The van der Waals surface area contributed by atoms with Gasteiger partial charge in [0.05, 0.1) is 23.5 Å². The van der Waals surface area contributed by atoms with E-state index in [4.69, 9.17) is 9.47 Å². The van der Waals surface area contributed by atoms with E-state index in [2.05, 4.69) is 21.2 Å². The summed E-state index contributed by atoms with van der Waals surface area (Å²) in [7, 11) is 1.45. The Morgan fingerprint density at radius 1 is 1.10 bits per heavy atom. The van der Waals surface area contributed by atoms with Crippen LogP contribution in [0, 0.1) is 24.0 Å². The predicted octanol–water partition coefficient (Wildman–Crippen LogP) is 6.24. The minimum Gasteiger partial charge on any atom is -0.493 e. The van der Waals surface area contributed by atoms with Crippen LogP contribution in [0.25, 0.3) is 6.08 Å². The van der Waals surface area contributed by atoms with Crippen molar-refractivity contribution in [1.29, 1.82) is 0 Å². The first-order valence-electron chi connectivity index (χ1n) is 11.9. The summed E-state index contributed by atoms with van der Waals surface area (Å²) in [5, 5.41) is 13.6. The van der Waals surface area contributed by atoms with Gasteiger partial charge in [-0.05, 0) is 72.6 Å². The van der Waals surface area contributed by atoms with Crippen molar-refractivity contribution in [2.24, 2.45) is 0 Å². The van der Waals surface area contributed by atoms with E-state index in [1.165, 1.54) is 31.4 Å². The number of thioether (sulfide) groups is 1. The van der Waals surface area contributed by atoms with Gasteiger partial charge in [-0.3, -0.25) is 29.4 Å². The average Bonchev–Trinajstić information content (AvgIpc) is 3.19. The molecule has 1 fully saturated rings. The molecule has 1 heterocycles. The molecule has 0 radical (unpaired) electrons. The fourth-order valence-electron chi connectivity index (χ4n) is 3.93. The van der Waals surface area contributed by atoms with Crippen molar-refractivity contribution in [3.8, 4) is 11.5 Å². The van der Waals surface area contributed by atoms with Crippen LogP contribution in [0.3, 0.4) is 0 Å². The molecule has 4 rings (SSSR count). The molecule has 1 N–H and O–H groups in total. The van der Waals surface area contributed by atoms with E-state index in [0.29, 0.717) is 22.7 Å². The summed E-state index contributed by atoms with van der Waals surface area (Å²) in [6.07, 6.45) is 1.53. The number of methoxy groups -OCH3 is 1. The molecule has 0 spiro atoms. The van der Waals surface area contributed by atoms with Crippen molar-refractivity contribution in [2.45, 2.75) is 20.4 Å². The number of rotatable bonds is 9. The van der Waals surface area contributed by atoms with Crippen LogP contribution in [0.15, 0.2) is 64.0 Å². The molecule has 206 valence electrons. The van der Waals surface area contributed by atoms with Gasteiger partial charge < -0.3 is 14.8 Å². The summed E-state index contributed by atoms with van der Waals surface area (Å²) in [6, 6.07) is 14.5. The topological polar surface area (TPSA) is 128 Å². The summed E-state index contributed by atoms with van der Waals surface area (Å²) < 4.78 is 12.0. The molecule has 3 aromatic rings. The number of halogens is 1. The Balaban J connectivity index is 1.44. The van der Waals surface area contributed by atoms with Gasteiger partial charge in [-0.15, -0.1) is 0 Å². The van der Waals surface area contributed by atoms with E-state index in [1.54, 1.807) is 24.3 Å². The molecular formula is C28H24BrN3O7S. The molecule has 10 nitrogen and oxygen atoms in total. The van der Waals surface area contributed by atoms with Gasteiger partial charge in [-0.1, -0.05) is 40.2 Å². The van der Waals surface area contributed by atoms with Gasteiger partial charge in [0.25, 0.3) is 22.7 Å². The number of hydrogen-bond donors (Lipinski definition) is 1. The summed E-state index contributed by atoms with van der Waals surface area (Å²) >= 11 is 4.22. The Hall–Kier alpha value is -4.16. The lowest BCUT2D eigenvalue weighted by Gasteiger charge is -2.14. The highest BCUT2D eigenvalue weighted by Crippen LogP contribution is 2.36. The molecule has 12 heteroatoms. The highest BCUT2D eigenvalue weighted by atomic mass is 79.9. The molecular weight excluding hydrogens is 602 g/mol. The number of nitrogens with zero attached hydrogens (tertiary/aromatic N) is 2. The van der Waals surface area contributed by atoms with Gasteiger partial charge in [0.15, 0.2) is 18.1 Å². The number of carbonyl (C=O) groups excluding carboxylic acids is 3. The van der Waals surface area contributed by atoms with Gasteiger partial charge in [0.2, 0.25) is 0 Å². The number of anilines is 1. The van der Waals surface area contributed by atoms with Crippen LogP contribution in [0.2, 0.25) is 0 Å². The Kier molecular flexibility index (Phi) is 8.90. The third-order valence-electron chi connectivity index (χ3n) is 6.23. The van der Waals surface area contributed by atoms with Crippen LogP contribution in [0.4, 0.5) is 16.2 Å². The van der Waals surface area contributed by atoms with E-state index in [1.807, 2.05) is 26.0 Å². The fraction of sp³-hybridized carbons (Fsp3) is 0.179. The minimum atomic E-state index is -0.553. The summed E-state index contributed by atoms with van der Waals surface area (Å²) in [6.45, 7) is 3.40. The van der Waals surface area contributed by atoms with Crippen LogP contribution in [0.1, 0.15) is 22.3 Å². The van der Waals surface area contributed by atoms with Crippen molar-refractivity contribution in [1.82, 2.24) is 4.90 Å². The quantitative estimate of drug-likeness (QED) is 0.168. The van der Waals surface area contributed by atoms with Crippen LogP contribution >= 0.6 is 27.7 Å². The molecule has 1 aliphatic rings. The maximum absolute atomic E-state index is 13.0. The number of nitrogens with one attached hydrogen (secondary N) is 1. The Bertz CT molecular complexity index is 1560. The molecule has 0 unspecified atom stereocenters. The Labute approximate surface area is 242 Å². The number of nitro groups is 1. The highest BCUT2D eigenvalue weighted by molar-refractivity contribution is 9.10. The van der Waals surface area contributed by atoms with Gasteiger partial charge in [0.1, 0.15) is 0 Å². The predicted molar refractivity (Wildman–Crippen MR) is 155 cm³/mol. The van der Waals surface area contributed by atoms with Crippen LogP contribution in [-0.4, -0.2) is 40.6 Å². The second kappa shape index (κ2) is 12.3. The smallest absolute Gasteiger partial charge is 0.293 e. The molecule has 0 bridgehead atoms. The van der Waals surface area contributed by atoms with E-state index < -0.39 is 16.1 Å². The zero-order valence-corrected chi connectivity index (χ0v) is 24.1. The lowest BCUT2D eigenvalue weighted by molar-refractivity contribution is -0.385. The number of hydrogen-bond acceptors (Lipinski definition) is 8. The number of benzene rings is 3. The molecule has 0 saturated carbocycles. The number of imide groups is 1. The SMILES string of the molecule is COc1cc(/C=C2/SC(=O)N(Cc3ccccc3[N+](=O)[O-])C2=O)ccc1OCC(=O)Nc1ccc(Br)c(C)c1C. The Morgan fingerprint density at radius 2 is 1.85 bits per heavy atom. The minimum absolute atomic E-state index is 0.165. The first-order valence-corrected chi connectivity index (χ1v) is 13.5. The number of carbonyl (C=O) groups is 3. The van der Waals surface area contributed by atoms with Crippen molar-refractivity contribution in [3.05, 3.63) is 96.3 Å². The van der Waals surface area contributed by atoms with Gasteiger partial charge >= 0.3 is 0 Å². The van der Waals surface area contributed by atoms with Gasteiger partial charge in [-0.2, -0.15) is 0 Å². The average molecular weight is 626 g/mol. The molecule has 3 aromatic carbocycles. The number of ether oxygens (including phenoxy) is 2. The first kappa shape index (κ1) is 28.8.